The Balaban J connectivity index is 2.23. The predicted octanol–water partition coefficient (Wildman–Crippen LogP) is 1.06. The fraction of sp³-hybridized carbons (Fsp3) is 0. The highest BCUT2D eigenvalue weighted by atomic mass is 15.2. The van der Waals surface area contributed by atoms with E-state index in [1.54, 1.807) is 35.1 Å². The van der Waals surface area contributed by atoms with Gasteiger partial charge in [-0.15, -0.1) is 10.2 Å². The monoisotopic (exact) mass is 222 g/mol. The van der Waals surface area contributed by atoms with Crippen LogP contribution in [-0.4, -0.2) is 24.8 Å². The summed E-state index contributed by atoms with van der Waals surface area (Å²) in [6.07, 6.45) is 4.98. The molecule has 80 valence electrons. The molecule has 0 spiro atoms. The smallest absolute Gasteiger partial charge is 0.170 e. The highest BCUT2D eigenvalue weighted by molar-refractivity contribution is 5.59. The maximum absolute atomic E-state index is 8.80. The minimum absolute atomic E-state index is 0.560. The van der Waals surface area contributed by atoms with Gasteiger partial charge in [-0.1, -0.05) is 0 Å². The summed E-state index contributed by atoms with van der Waals surface area (Å²) in [5, 5.41) is 24.4. The molecule has 0 atom stereocenters. The standard InChI is InChI=1S/C11H6N6/c12-6-8-2-4-17-10(5-8)15-16-11(17)9-1-3-13-14-7-9/h1-5,7H. The van der Waals surface area contributed by atoms with Crippen LogP contribution in [0.4, 0.5) is 0 Å². The van der Waals surface area contributed by atoms with Gasteiger partial charge in [-0.2, -0.15) is 15.5 Å². The van der Waals surface area contributed by atoms with Gasteiger partial charge in [-0.3, -0.25) is 4.40 Å². The van der Waals surface area contributed by atoms with Gasteiger partial charge < -0.3 is 0 Å². The lowest BCUT2D eigenvalue weighted by molar-refractivity contribution is 1.02. The molecule has 0 N–H and O–H groups in total. The number of rotatable bonds is 1. The van der Waals surface area contributed by atoms with E-state index in [0.29, 0.717) is 17.0 Å². The first-order chi connectivity index (χ1) is 8.38. The first-order valence-corrected chi connectivity index (χ1v) is 4.90. The van der Waals surface area contributed by atoms with Crippen molar-refractivity contribution in [1.82, 2.24) is 24.8 Å². The second kappa shape index (κ2) is 3.64. The van der Waals surface area contributed by atoms with Gasteiger partial charge in [-0.25, -0.2) is 0 Å². The zero-order chi connectivity index (χ0) is 11.7. The highest BCUT2D eigenvalue weighted by Gasteiger charge is 2.08. The van der Waals surface area contributed by atoms with Gasteiger partial charge in [0.05, 0.1) is 24.0 Å². The molecule has 0 aliphatic rings. The predicted molar refractivity (Wildman–Crippen MR) is 58.7 cm³/mol. The number of fused-ring (bicyclic) bond motifs is 1. The lowest BCUT2D eigenvalue weighted by Gasteiger charge is -1.98. The first-order valence-electron chi connectivity index (χ1n) is 4.90. The fourth-order valence-corrected chi connectivity index (χ4v) is 1.58. The fourth-order valence-electron chi connectivity index (χ4n) is 1.58. The van der Waals surface area contributed by atoms with E-state index in [2.05, 4.69) is 26.5 Å². The van der Waals surface area contributed by atoms with Crippen LogP contribution in [-0.2, 0) is 0 Å². The third-order valence-electron chi connectivity index (χ3n) is 2.38. The number of nitriles is 1. The molecule has 3 aromatic rings. The van der Waals surface area contributed by atoms with Crippen molar-refractivity contribution < 1.29 is 0 Å². The average Bonchev–Trinajstić information content (AvgIpc) is 2.82. The Morgan fingerprint density at radius 3 is 2.88 bits per heavy atom. The van der Waals surface area contributed by atoms with E-state index in [1.807, 2.05) is 6.07 Å². The summed E-state index contributed by atoms with van der Waals surface area (Å²) in [4.78, 5) is 0. The van der Waals surface area contributed by atoms with Crippen LogP contribution in [0, 0.1) is 11.3 Å². The van der Waals surface area contributed by atoms with Gasteiger partial charge in [0.15, 0.2) is 11.5 Å². The second-order valence-electron chi connectivity index (χ2n) is 3.41. The Hall–Kier alpha value is -2.81. The Kier molecular flexibility index (Phi) is 2.02. The van der Waals surface area contributed by atoms with Gasteiger partial charge >= 0.3 is 0 Å². The summed E-state index contributed by atoms with van der Waals surface area (Å²) in [5.74, 6) is 0.680. The molecular weight excluding hydrogens is 216 g/mol. The molecule has 0 saturated heterocycles. The molecule has 3 heterocycles. The summed E-state index contributed by atoms with van der Waals surface area (Å²) in [5.41, 5.74) is 2.03. The molecule has 3 rings (SSSR count). The van der Waals surface area contributed by atoms with Gasteiger partial charge in [-0.05, 0) is 12.1 Å². The molecule has 0 radical (unpaired) electrons. The third kappa shape index (κ3) is 1.50. The van der Waals surface area contributed by atoms with E-state index in [-0.39, 0.29) is 0 Å². The topological polar surface area (TPSA) is 79.8 Å². The van der Waals surface area contributed by atoms with Gasteiger partial charge in [0.2, 0.25) is 0 Å². The summed E-state index contributed by atoms with van der Waals surface area (Å²) in [7, 11) is 0. The normalized spacial score (nSPS) is 10.3. The minimum atomic E-state index is 0.560. The van der Waals surface area contributed by atoms with Crippen molar-refractivity contribution in [3.63, 3.8) is 0 Å². The SMILES string of the molecule is N#Cc1ccn2c(-c3ccnnc3)nnc2c1. The van der Waals surface area contributed by atoms with Crippen molar-refractivity contribution in [3.8, 4) is 17.5 Å². The lowest BCUT2D eigenvalue weighted by Crippen LogP contribution is -1.91. The average molecular weight is 222 g/mol. The van der Waals surface area contributed by atoms with E-state index in [1.165, 1.54) is 0 Å². The van der Waals surface area contributed by atoms with Crippen molar-refractivity contribution >= 4 is 5.65 Å². The highest BCUT2D eigenvalue weighted by Crippen LogP contribution is 2.16. The summed E-state index contributed by atoms with van der Waals surface area (Å²) in [6, 6.07) is 7.27. The molecule has 0 fully saturated rings. The summed E-state index contributed by atoms with van der Waals surface area (Å²) >= 11 is 0. The van der Waals surface area contributed by atoms with Crippen molar-refractivity contribution in [1.29, 1.82) is 5.26 Å². The maximum atomic E-state index is 8.80. The second-order valence-corrected chi connectivity index (χ2v) is 3.41. The van der Waals surface area contributed by atoms with Crippen LogP contribution in [0.5, 0.6) is 0 Å². The molecule has 17 heavy (non-hydrogen) atoms. The Morgan fingerprint density at radius 2 is 2.12 bits per heavy atom. The van der Waals surface area contributed by atoms with E-state index >= 15 is 0 Å². The lowest BCUT2D eigenvalue weighted by atomic mass is 10.2. The van der Waals surface area contributed by atoms with E-state index < -0.39 is 0 Å². The minimum Gasteiger partial charge on any atom is -0.282 e. The van der Waals surface area contributed by atoms with E-state index in [4.69, 9.17) is 5.26 Å². The number of hydrogen-bond acceptors (Lipinski definition) is 5. The number of aromatic nitrogens is 5. The molecule has 3 aromatic heterocycles. The van der Waals surface area contributed by atoms with Crippen molar-refractivity contribution in [2.45, 2.75) is 0 Å². The molecule has 0 aromatic carbocycles. The molecule has 6 heteroatoms. The zero-order valence-corrected chi connectivity index (χ0v) is 8.65. The van der Waals surface area contributed by atoms with Crippen LogP contribution < -0.4 is 0 Å². The molecule has 0 unspecified atom stereocenters. The molecule has 0 aliphatic carbocycles. The third-order valence-corrected chi connectivity index (χ3v) is 2.38. The molecular formula is C11H6N6. The van der Waals surface area contributed by atoms with Crippen LogP contribution in [0.15, 0.2) is 36.8 Å². The molecule has 0 saturated carbocycles. The molecule has 0 aliphatic heterocycles. The van der Waals surface area contributed by atoms with Crippen LogP contribution in [0.25, 0.3) is 17.0 Å². The summed E-state index contributed by atoms with van der Waals surface area (Å²) < 4.78 is 1.80. The van der Waals surface area contributed by atoms with Crippen molar-refractivity contribution in [2.75, 3.05) is 0 Å². The van der Waals surface area contributed by atoms with Crippen LogP contribution in [0.2, 0.25) is 0 Å². The molecule has 0 bridgehead atoms. The van der Waals surface area contributed by atoms with Crippen molar-refractivity contribution in [2.24, 2.45) is 0 Å². The quantitative estimate of drug-likeness (QED) is 0.615. The van der Waals surface area contributed by atoms with Crippen LogP contribution in [0.1, 0.15) is 5.56 Å². The summed E-state index contributed by atoms with van der Waals surface area (Å²) in [6.45, 7) is 0. The first kappa shape index (κ1) is 9.42. The number of nitrogens with zero attached hydrogens (tertiary/aromatic N) is 6. The Morgan fingerprint density at radius 1 is 1.18 bits per heavy atom. The largest absolute Gasteiger partial charge is 0.282 e. The van der Waals surface area contributed by atoms with Crippen LogP contribution in [0.3, 0.4) is 0 Å². The number of pyridine rings is 1. The van der Waals surface area contributed by atoms with Gasteiger partial charge in [0.25, 0.3) is 0 Å². The Bertz CT molecular complexity index is 710. The molecule has 0 amide bonds. The zero-order valence-electron chi connectivity index (χ0n) is 8.65. The van der Waals surface area contributed by atoms with E-state index in [9.17, 15) is 0 Å². The maximum Gasteiger partial charge on any atom is 0.170 e. The van der Waals surface area contributed by atoms with Crippen molar-refractivity contribution in [3.05, 3.63) is 42.4 Å². The van der Waals surface area contributed by atoms with Gasteiger partial charge in [0, 0.05) is 17.8 Å². The Labute approximate surface area is 96.2 Å². The van der Waals surface area contributed by atoms with Crippen LogP contribution >= 0.6 is 0 Å². The molecule has 6 nitrogen and oxygen atoms in total. The van der Waals surface area contributed by atoms with E-state index in [0.717, 1.165) is 5.56 Å². The number of hydrogen-bond donors (Lipinski definition) is 0. The van der Waals surface area contributed by atoms with Gasteiger partial charge in [0.1, 0.15) is 0 Å².